The summed E-state index contributed by atoms with van der Waals surface area (Å²) < 4.78 is 1.35. The van der Waals surface area contributed by atoms with Gasteiger partial charge in [0.15, 0.2) is 5.69 Å². The third-order valence-electron chi connectivity index (χ3n) is 7.42. The Morgan fingerprint density at radius 3 is 2.93 bits per heavy atom. The van der Waals surface area contributed by atoms with Crippen molar-refractivity contribution in [3.8, 4) is 0 Å². The second kappa shape index (κ2) is 7.14. The molecule has 0 bridgehead atoms. The molecule has 9 nitrogen and oxygen atoms in total. The maximum absolute atomic E-state index is 13.0. The van der Waals surface area contributed by atoms with Crippen LogP contribution in [-0.2, 0) is 19.9 Å². The van der Waals surface area contributed by atoms with Crippen molar-refractivity contribution >= 4 is 11.8 Å². The Morgan fingerprint density at radius 1 is 1.30 bits per heavy atom. The topological polar surface area (TPSA) is 116 Å². The number of H-pyrrole nitrogens is 2. The van der Waals surface area contributed by atoms with E-state index in [1.807, 2.05) is 4.90 Å². The smallest absolute Gasteiger partial charge is 0.325 e. The minimum absolute atomic E-state index is 0.100. The normalized spacial score (nSPS) is 25.2. The lowest BCUT2D eigenvalue weighted by Crippen LogP contribution is -2.42. The third-order valence-corrected chi connectivity index (χ3v) is 7.42. The zero-order chi connectivity index (χ0) is 20.9. The number of hydrogen-bond acceptors (Lipinski definition) is 4. The minimum Gasteiger partial charge on any atom is -0.350 e. The molecular formula is C21H28N6O3. The van der Waals surface area contributed by atoms with Crippen LogP contribution in [0.25, 0.3) is 0 Å². The molecule has 30 heavy (non-hydrogen) atoms. The van der Waals surface area contributed by atoms with Crippen LogP contribution in [0.3, 0.4) is 0 Å². The number of likely N-dealkylation sites (tertiary alicyclic amines) is 1. The molecule has 1 saturated heterocycles. The highest BCUT2D eigenvalue weighted by atomic mass is 16.2. The fourth-order valence-corrected chi connectivity index (χ4v) is 5.67. The summed E-state index contributed by atoms with van der Waals surface area (Å²) in [5, 5.41) is 10.4. The zero-order valence-corrected chi connectivity index (χ0v) is 17.3. The Balaban J connectivity index is 1.29. The van der Waals surface area contributed by atoms with E-state index in [1.54, 1.807) is 7.05 Å². The highest BCUT2D eigenvalue weighted by Gasteiger charge is 2.51. The number of carbonyl (C=O) groups excluding carboxylic acids is 2. The molecule has 2 fully saturated rings. The highest BCUT2D eigenvalue weighted by Crippen LogP contribution is 2.48. The molecule has 1 aliphatic heterocycles. The minimum atomic E-state index is -0.290. The third kappa shape index (κ3) is 2.98. The number of fused-ring (bicyclic) bond motifs is 2. The van der Waals surface area contributed by atoms with Crippen molar-refractivity contribution in [1.82, 2.24) is 30.0 Å². The van der Waals surface area contributed by atoms with Gasteiger partial charge in [-0.25, -0.2) is 4.79 Å². The molecule has 1 saturated carbocycles. The van der Waals surface area contributed by atoms with Crippen molar-refractivity contribution in [3.05, 3.63) is 39.3 Å². The molecule has 3 N–H and O–H groups in total. The molecule has 2 aromatic rings. The summed E-state index contributed by atoms with van der Waals surface area (Å²) >= 11 is 0. The van der Waals surface area contributed by atoms with Gasteiger partial charge in [-0.1, -0.05) is 6.42 Å². The first kappa shape index (κ1) is 19.1. The van der Waals surface area contributed by atoms with Crippen LogP contribution in [-0.4, -0.2) is 56.1 Å². The molecule has 0 spiro atoms. The van der Waals surface area contributed by atoms with Gasteiger partial charge < -0.3 is 15.2 Å². The number of nitrogens with one attached hydrogen (secondary N) is 3. The lowest BCUT2D eigenvalue weighted by Gasteiger charge is -2.29. The van der Waals surface area contributed by atoms with Crippen LogP contribution in [0.1, 0.15) is 64.3 Å². The molecule has 2 aromatic heterocycles. The summed E-state index contributed by atoms with van der Waals surface area (Å²) in [7, 11) is 1.60. The van der Waals surface area contributed by atoms with Crippen molar-refractivity contribution < 1.29 is 9.59 Å². The first-order chi connectivity index (χ1) is 14.5. The fourth-order valence-electron chi connectivity index (χ4n) is 5.67. The van der Waals surface area contributed by atoms with Crippen LogP contribution in [0.4, 0.5) is 0 Å². The lowest BCUT2D eigenvalue weighted by molar-refractivity contribution is 0.0757. The highest BCUT2D eigenvalue weighted by molar-refractivity contribution is 5.94. The summed E-state index contributed by atoms with van der Waals surface area (Å²) in [4.78, 5) is 42.0. The van der Waals surface area contributed by atoms with Gasteiger partial charge in [0.25, 0.3) is 11.8 Å². The van der Waals surface area contributed by atoms with Gasteiger partial charge in [-0.3, -0.25) is 19.3 Å². The van der Waals surface area contributed by atoms with Crippen molar-refractivity contribution in [2.75, 3.05) is 19.6 Å². The number of imidazole rings is 1. The summed E-state index contributed by atoms with van der Waals surface area (Å²) in [6, 6.07) is 0. The van der Waals surface area contributed by atoms with E-state index in [4.69, 9.17) is 0 Å². The molecule has 2 aliphatic carbocycles. The summed E-state index contributed by atoms with van der Waals surface area (Å²) in [5.41, 5.74) is 2.68. The van der Waals surface area contributed by atoms with Gasteiger partial charge in [0.2, 0.25) is 0 Å². The molecule has 0 unspecified atom stereocenters. The number of rotatable bonds is 4. The van der Waals surface area contributed by atoms with E-state index in [9.17, 15) is 14.4 Å². The number of hydrogen-bond donors (Lipinski definition) is 3. The average Bonchev–Trinajstić information content (AvgIpc) is 3.49. The van der Waals surface area contributed by atoms with E-state index in [2.05, 4.69) is 20.5 Å². The fraction of sp³-hybridized carbons (Fsp3) is 0.619. The van der Waals surface area contributed by atoms with Gasteiger partial charge >= 0.3 is 5.69 Å². The predicted octanol–water partition coefficient (Wildman–Crippen LogP) is 0.988. The van der Waals surface area contributed by atoms with Crippen LogP contribution in [0.15, 0.2) is 11.0 Å². The number of aryl methyl sites for hydroxylation is 1. The molecule has 3 heterocycles. The van der Waals surface area contributed by atoms with Gasteiger partial charge in [0.1, 0.15) is 5.69 Å². The molecule has 5 rings (SSSR count). The van der Waals surface area contributed by atoms with E-state index in [0.29, 0.717) is 36.9 Å². The largest absolute Gasteiger partial charge is 0.350 e. The van der Waals surface area contributed by atoms with Crippen LogP contribution in [0.5, 0.6) is 0 Å². The van der Waals surface area contributed by atoms with Gasteiger partial charge in [-0.05, 0) is 44.4 Å². The van der Waals surface area contributed by atoms with E-state index in [-0.39, 0.29) is 22.9 Å². The van der Waals surface area contributed by atoms with Crippen molar-refractivity contribution in [2.45, 2.75) is 44.9 Å². The summed E-state index contributed by atoms with van der Waals surface area (Å²) in [6.45, 7) is 1.83. The molecule has 2 atom stereocenters. The van der Waals surface area contributed by atoms with Gasteiger partial charge in [-0.2, -0.15) is 5.10 Å². The van der Waals surface area contributed by atoms with Gasteiger partial charge in [0, 0.05) is 49.6 Å². The first-order valence-electron chi connectivity index (χ1n) is 10.9. The molecule has 160 valence electrons. The average molecular weight is 412 g/mol. The number of aromatic nitrogens is 4. The van der Waals surface area contributed by atoms with Crippen molar-refractivity contribution in [3.63, 3.8) is 0 Å². The quantitative estimate of drug-likeness (QED) is 0.694. The first-order valence-corrected chi connectivity index (χ1v) is 10.9. The van der Waals surface area contributed by atoms with Gasteiger partial charge in [0.05, 0.1) is 0 Å². The Bertz CT molecular complexity index is 1050. The number of carbonyl (C=O) groups is 2. The Kier molecular flexibility index (Phi) is 4.56. The number of nitrogens with zero attached hydrogens (tertiary/aromatic N) is 3. The Hall–Kier alpha value is -2.84. The van der Waals surface area contributed by atoms with Crippen LogP contribution in [0, 0.1) is 11.3 Å². The molecule has 2 amide bonds. The lowest BCUT2D eigenvalue weighted by atomic mass is 9.80. The van der Waals surface area contributed by atoms with E-state index < -0.39 is 0 Å². The number of aromatic amines is 2. The van der Waals surface area contributed by atoms with Crippen LogP contribution in [0.2, 0.25) is 0 Å². The second-order valence-electron chi connectivity index (χ2n) is 9.09. The van der Waals surface area contributed by atoms with E-state index in [0.717, 1.165) is 56.2 Å². The van der Waals surface area contributed by atoms with Crippen molar-refractivity contribution in [1.29, 1.82) is 0 Å². The maximum Gasteiger partial charge on any atom is 0.325 e. The molecule has 0 aromatic carbocycles. The van der Waals surface area contributed by atoms with Gasteiger partial charge in [-0.15, -0.1) is 0 Å². The molecule has 9 heteroatoms. The summed E-state index contributed by atoms with van der Waals surface area (Å²) in [5.74, 6) is 0.121. The molecule has 0 radical (unpaired) electrons. The van der Waals surface area contributed by atoms with E-state index in [1.165, 1.54) is 10.8 Å². The maximum atomic E-state index is 13.0. The number of amides is 2. The second-order valence-corrected chi connectivity index (χ2v) is 9.09. The molecular weight excluding hydrogens is 384 g/mol. The van der Waals surface area contributed by atoms with E-state index >= 15 is 0 Å². The van der Waals surface area contributed by atoms with Crippen LogP contribution >= 0.6 is 0 Å². The van der Waals surface area contributed by atoms with Crippen molar-refractivity contribution in [2.24, 2.45) is 18.4 Å². The predicted molar refractivity (Wildman–Crippen MR) is 109 cm³/mol. The standard InChI is InChI=1S/C21H28N6O3/c1-26-16(9-22-20(26)30)19(29)27-10-13-5-4-8-21(13,12-27)11-23-18(28)17-14-6-2-3-7-15(14)24-25-17/h9,13H,2-8,10-12H2,1H3,(H,22,30)(H,23,28)(H,24,25)/t13-,21-/m0/s1. The SMILES string of the molecule is Cn1c(C(=O)N2C[C@@H]3CCC[C@]3(CNC(=O)c3n[nH]c4c3CCCC4)C2)c[nH]c1=O. The Morgan fingerprint density at radius 2 is 2.13 bits per heavy atom. The monoisotopic (exact) mass is 412 g/mol. The summed E-state index contributed by atoms with van der Waals surface area (Å²) in [6.07, 6.45) is 8.74. The zero-order valence-electron chi connectivity index (χ0n) is 17.3. The Labute approximate surface area is 174 Å². The van der Waals surface area contributed by atoms with Crippen LogP contribution < -0.4 is 11.0 Å². The molecule has 3 aliphatic rings.